The number of benzene rings is 2. The largest absolute Gasteiger partial charge is 0.444 e. The van der Waals surface area contributed by atoms with E-state index in [1.54, 1.807) is 31.7 Å². The number of ether oxygens (including phenoxy) is 1. The number of nitrogens with one attached hydrogen (secondary N) is 2. The molecule has 44 heavy (non-hydrogen) atoms. The van der Waals surface area contributed by atoms with Crippen LogP contribution in [0, 0.1) is 17.7 Å². The van der Waals surface area contributed by atoms with E-state index in [9.17, 15) is 27.2 Å². The van der Waals surface area contributed by atoms with Crippen molar-refractivity contribution in [3.8, 4) is 11.8 Å². The summed E-state index contributed by atoms with van der Waals surface area (Å²) in [6.07, 6.45) is -2.35. The first-order valence-corrected chi connectivity index (χ1v) is 13.6. The van der Waals surface area contributed by atoms with Crippen molar-refractivity contribution in [2.75, 3.05) is 36.4 Å². The Hall–Kier alpha value is -5.12. The Kier molecular flexibility index (Phi) is 8.19. The predicted molar refractivity (Wildman–Crippen MR) is 156 cm³/mol. The van der Waals surface area contributed by atoms with E-state index >= 15 is 0 Å². The number of aromatic nitrogens is 3. The van der Waals surface area contributed by atoms with E-state index in [4.69, 9.17) is 4.74 Å². The number of para-hydroxylation sites is 1. The summed E-state index contributed by atoms with van der Waals surface area (Å²) in [4.78, 5) is 40.0. The van der Waals surface area contributed by atoms with Crippen LogP contribution in [0.3, 0.4) is 0 Å². The molecule has 0 bridgehead atoms. The van der Waals surface area contributed by atoms with Gasteiger partial charge in [0.05, 0.1) is 34.3 Å². The van der Waals surface area contributed by atoms with E-state index in [-0.39, 0.29) is 43.0 Å². The smallest absolute Gasteiger partial charge is 0.418 e. The van der Waals surface area contributed by atoms with Gasteiger partial charge in [-0.05, 0) is 57.2 Å². The lowest BCUT2D eigenvalue weighted by atomic mass is 10.1. The monoisotopic (exact) mass is 608 g/mol. The predicted octanol–water partition coefficient (Wildman–Crippen LogP) is 5.83. The molecule has 0 unspecified atom stereocenters. The molecule has 1 aliphatic heterocycles. The summed E-state index contributed by atoms with van der Waals surface area (Å²) in [5, 5.41) is 2.40. The van der Waals surface area contributed by atoms with E-state index in [1.165, 1.54) is 41.7 Å². The quantitative estimate of drug-likeness (QED) is 0.224. The van der Waals surface area contributed by atoms with Crippen molar-refractivity contribution in [2.24, 2.45) is 0 Å². The molecule has 2 N–H and O–H groups in total. The van der Waals surface area contributed by atoms with Crippen molar-refractivity contribution >= 4 is 34.5 Å². The van der Waals surface area contributed by atoms with Crippen molar-refractivity contribution in [3.05, 3.63) is 83.1 Å². The van der Waals surface area contributed by atoms with E-state index in [2.05, 4.69) is 32.1 Å². The highest BCUT2D eigenvalue weighted by Crippen LogP contribution is 2.40. The number of rotatable bonds is 3. The van der Waals surface area contributed by atoms with Gasteiger partial charge in [0.15, 0.2) is 5.65 Å². The van der Waals surface area contributed by atoms with Crippen molar-refractivity contribution in [2.45, 2.75) is 32.5 Å². The van der Waals surface area contributed by atoms with Gasteiger partial charge in [0.1, 0.15) is 11.4 Å². The van der Waals surface area contributed by atoms with E-state index in [0.29, 0.717) is 16.7 Å². The van der Waals surface area contributed by atoms with Crippen LogP contribution in [0.15, 0.2) is 55.0 Å². The van der Waals surface area contributed by atoms with Gasteiger partial charge in [-0.2, -0.15) is 13.2 Å². The van der Waals surface area contributed by atoms with Gasteiger partial charge in [0.25, 0.3) is 5.91 Å². The summed E-state index contributed by atoms with van der Waals surface area (Å²) in [5.41, 5.74) is -0.648. The van der Waals surface area contributed by atoms with Crippen molar-refractivity contribution in [3.63, 3.8) is 0 Å². The average Bonchev–Trinajstić information content (AvgIpc) is 3.43. The number of hydrogen-bond donors (Lipinski definition) is 2. The SMILES string of the molecule is CC(C)(C)OC(=O)N1CCN(c2cccc(C(F)(F)F)c2NC(=O)c2ccc(F)c(C#Cc3cnc4nc[nH]c4c3)c2)CC1. The molecule has 13 heteroatoms. The molecular formula is C31H28F4N6O3. The summed E-state index contributed by atoms with van der Waals surface area (Å²) >= 11 is 0. The molecule has 228 valence electrons. The van der Waals surface area contributed by atoms with Gasteiger partial charge in [-0.15, -0.1) is 0 Å². The fourth-order valence-corrected chi connectivity index (χ4v) is 4.61. The van der Waals surface area contributed by atoms with Gasteiger partial charge in [-0.1, -0.05) is 17.9 Å². The summed E-state index contributed by atoms with van der Waals surface area (Å²) < 4.78 is 62.3. The molecule has 5 rings (SSSR count). The summed E-state index contributed by atoms with van der Waals surface area (Å²) in [7, 11) is 0. The number of fused-ring (bicyclic) bond motifs is 1. The number of hydrogen-bond acceptors (Lipinski definition) is 6. The van der Waals surface area contributed by atoms with Gasteiger partial charge in [0.2, 0.25) is 0 Å². The second kappa shape index (κ2) is 11.9. The van der Waals surface area contributed by atoms with Crippen LogP contribution in [0.4, 0.5) is 33.7 Å². The zero-order valence-electron chi connectivity index (χ0n) is 24.1. The Morgan fingerprint density at radius 2 is 1.75 bits per heavy atom. The maximum atomic E-state index is 14.6. The molecule has 0 saturated carbocycles. The normalized spacial score (nSPS) is 13.8. The molecule has 9 nitrogen and oxygen atoms in total. The number of carbonyl (C=O) groups excluding carboxylic acids is 2. The Labute approximate surface area is 250 Å². The fraction of sp³-hybridized carbons (Fsp3) is 0.290. The van der Waals surface area contributed by atoms with Gasteiger partial charge in [-0.25, -0.2) is 19.2 Å². The average molecular weight is 609 g/mol. The van der Waals surface area contributed by atoms with Crippen LogP contribution >= 0.6 is 0 Å². The van der Waals surface area contributed by atoms with Crippen molar-refractivity contribution in [1.82, 2.24) is 19.9 Å². The van der Waals surface area contributed by atoms with Crippen molar-refractivity contribution in [1.29, 1.82) is 0 Å². The highest BCUT2D eigenvalue weighted by atomic mass is 19.4. The van der Waals surface area contributed by atoms with Crippen LogP contribution < -0.4 is 10.2 Å². The second-order valence-corrected chi connectivity index (χ2v) is 11.0. The van der Waals surface area contributed by atoms with Gasteiger partial charge in [0, 0.05) is 43.5 Å². The first kappa shape index (κ1) is 30.3. The fourth-order valence-electron chi connectivity index (χ4n) is 4.61. The van der Waals surface area contributed by atoms with Crippen LogP contribution in [-0.4, -0.2) is 63.6 Å². The minimum Gasteiger partial charge on any atom is -0.444 e. The third-order valence-electron chi connectivity index (χ3n) is 6.70. The lowest BCUT2D eigenvalue weighted by molar-refractivity contribution is -0.136. The summed E-state index contributed by atoms with van der Waals surface area (Å²) in [6.45, 7) is 6.07. The molecule has 0 radical (unpaired) electrons. The minimum absolute atomic E-state index is 0.0875. The zero-order valence-corrected chi connectivity index (χ0v) is 24.1. The Balaban J connectivity index is 1.39. The molecule has 3 heterocycles. The standard InChI is InChI=1S/C31H28F4N6O3/c1-30(2,3)44-29(43)41-13-11-40(12-14-41)25-6-4-5-22(31(33,34)35)26(25)39-28(42)21-9-10-23(32)20(16-21)8-7-19-15-24-27(36-17-19)38-18-37-24/h4-6,9-10,15-18H,11-14H2,1-3H3,(H,39,42)(H,36,37,38). The molecule has 0 aliphatic carbocycles. The minimum atomic E-state index is -4.78. The number of carbonyl (C=O) groups is 2. The second-order valence-electron chi connectivity index (χ2n) is 11.0. The number of halogens is 4. The lowest BCUT2D eigenvalue weighted by Gasteiger charge is -2.37. The van der Waals surface area contributed by atoms with Crippen molar-refractivity contribution < 1.29 is 31.9 Å². The zero-order chi connectivity index (χ0) is 31.6. The van der Waals surface area contributed by atoms with Crippen LogP contribution in [0.25, 0.3) is 11.2 Å². The molecule has 2 amide bonds. The third-order valence-corrected chi connectivity index (χ3v) is 6.70. The van der Waals surface area contributed by atoms with Crippen LogP contribution in [0.2, 0.25) is 0 Å². The highest BCUT2D eigenvalue weighted by Gasteiger charge is 2.36. The van der Waals surface area contributed by atoms with Gasteiger partial charge < -0.3 is 24.8 Å². The van der Waals surface area contributed by atoms with E-state index < -0.39 is 40.8 Å². The number of anilines is 2. The van der Waals surface area contributed by atoms with E-state index in [0.717, 1.165) is 12.1 Å². The van der Waals surface area contributed by atoms with Crippen LogP contribution in [0.1, 0.15) is 47.8 Å². The number of alkyl halides is 3. The number of piperazine rings is 1. The Morgan fingerprint density at radius 1 is 1.00 bits per heavy atom. The highest BCUT2D eigenvalue weighted by molar-refractivity contribution is 6.06. The van der Waals surface area contributed by atoms with Gasteiger partial charge >= 0.3 is 12.3 Å². The molecule has 1 fully saturated rings. The molecule has 2 aromatic heterocycles. The number of imidazole rings is 1. The van der Waals surface area contributed by atoms with Gasteiger partial charge in [-0.3, -0.25) is 4.79 Å². The number of H-pyrrole nitrogens is 1. The van der Waals surface area contributed by atoms with E-state index in [1.807, 2.05) is 0 Å². The Bertz CT molecular complexity index is 1780. The lowest BCUT2D eigenvalue weighted by Crippen LogP contribution is -2.50. The molecule has 4 aromatic rings. The molecule has 0 spiro atoms. The van der Waals surface area contributed by atoms with Crippen LogP contribution in [0.5, 0.6) is 0 Å². The first-order chi connectivity index (χ1) is 20.8. The summed E-state index contributed by atoms with van der Waals surface area (Å²) in [6, 6.07) is 8.66. The third kappa shape index (κ3) is 6.91. The maximum Gasteiger partial charge on any atom is 0.418 e. The molecule has 1 saturated heterocycles. The maximum absolute atomic E-state index is 14.6. The Morgan fingerprint density at radius 3 is 2.45 bits per heavy atom. The number of amides is 2. The number of aromatic amines is 1. The molecule has 0 atom stereocenters. The number of pyridine rings is 1. The van der Waals surface area contributed by atoms with Crippen LogP contribution in [-0.2, 0) is 10.9 Å². The summed E-state index contributed by atoms with van der Waals surface area (Å²) in [5.74, 6) is 3.86. The molecular weight excluding hydrogens is 580 g/mol. The first-order valence-electron chi connectivity index (χ1n) is 13.6. The molecule has 1 aliphatic rings. The molecule has 2 aromatic carbocycles. The topological polar surface area (TPSA) is 103 Å². The number of nitrogens with zero attached hydrogens (tertiary/aromatic N) is 4.